The standard InChI is InChI=1S/C20H27N3O3/c1-22-11-12-23(14-18(22)24)19(25)21-16-13-20(9-5-2-6-10-20)26-17-8-4-3-7-15(16)17/h3-4,7-8,16H,2,5-6,9-14H2,1H3,(H,21,25)/t16-/m0/s1. The van der Waals surface area contributed by atoms with E-state index in [4.69, 9.17) is 4.74 Å². The molecule has 0 unspecified atom stereocenters. The molecule has 2 fully saturated rings. The van der Waals surface area contributed by atoms with Gasteiger partial charge in [0.15, 0.2) is 0 Å². The number of carbonyl (C=O) groups excluding carboxylic acids is 2. The summed E-state index contributed by atoms with van der Waals surface area (Å²) >= 11 is 0. The highest BCUT2D eigenvalue weighted by molar-refractivity contribution is 5.85. The van der Waals surface area contributed by atoms with Gasteiger partial charge in [0.1, 0.15) is 17.9 Å². The molecular formula is C20H27N3O3. The van der Waals surface area contributed by atoms with Crippen LogP contribution in [-0.4, -0.2) is 54.0 Å². The van der Waals surface area contributed by atoms with Crippen LogP contribution in [0.5, 0.6) is 5.75 Å². The van der Waals surface area contributed by atoms with E-state index in [1.807, 2.05) is 24.3 Å². The molecule has 1 aromatic rings. The van der Waals surface area contributed by atoms with Gasteiger partial charge in [-0.25, -0.2) is 4.79 Å². The number of hydrogen-bond donors (Lipinski definition) is 1. The largest absolute Gasteiger partial charge is 0.487 e. The number of hydrogen-bond acceptors (Lipinski definition) is 3. The lowest BCUT2D eigenvalue weighted by molar-refractivity contribution is -0.133. The molecule has 2 heterocycles. The maximum Gasteiger partial charge on any atom is 0.318 e. The number of amides is 3. The summed E-state index contributed by atoms with van der Waals surface area (Å²) in [5, 5.41) is 3.19. The molecule has 1 N–H and O–H groups in total. The Kier molecular flexibility index (Phi) is 4.51. The van der Waals surface area contributed by atoms with Crippen LogP contribution >= 0.6 is 0 Å². The Morgan fingerprint density at radius 2 is 1.96 bits per heavy atom. The molecule has 6 nitrogen and oxygen atoms in total. The molecule has 0 radical (unpaired) electrons. The van der Waals surface area contributed by atoms with Gasteiger partial charge in [0.2, 0.25) is 5.91 Å². The smallest absolute Gasteiger partial charge is 0.318 e. The first-order chi connectivity index (χ1) is 12.6. The quantitative estimate of drug-likeness (QED) is 0.841. The van der Waals surface area contributed by atoms with Crippen molar-refractivity contribution >= 4 is 11.9 Å². The zero-order valence-electron chi connectivity index (χ0n) is 15.4. The highest BCUT2D eigenvalue weighted by Gasteiger charge is 2.42. The molecule has 6 heteroatoms. The van der Waals surface area contributed by atoms with Gasteiger partial charge in [0.05, 0.1) is 6.04 Å². The van der Waals surface area contributed by atoms with Crippen molar-refractivity contribution in [2.24, 2.45) is 0 Å². The molecule has 26 heavy (non-hydrogen) atoms. The van der Waals surface area contributed by atoms with Gasteiger partial charge in [-0.3, -0.25) is 4.79 Å². The second-order valence-electron chi connectivity index (χ2n) is 7.83. The average Bonchev–Trinajstić information content (AvgIpc) is 2.64. The molecule has 2 aliphatic heterocycles. The fourth-order valence-corrected chi connectivity index (χ4v) is 4.42. The van der Waals surface area contributed by atoms with E-state index in [0.29, 0.717) is 13.1 Å². The Labute approximate surface area is 154 Å². The maximum absolute atomic E-state index is 12.8. The number of piperazine rings is 1. The minimum Gasteiger partial charge on any atom is -0.487 e. The van der Waals surface area contributed by atoms with Crippen molar-refractivity contribution in [3.8, 4) is 5.75 Å². The first-order valence-corrected chi connectivity index (χ1v) is 9.64. The lowest BCUT2D eigenvalue weighted by atomic mass is 9.77. The van der Waals surface area contributed by atoms with Crippen molar-refractivity contribution < 1.29 is 14.3 Å². The second-order valence-corrected chi connectivity index (χ2v) is 7.83. The van der Waals surface area contributed by atoms with Crippen molar-refractivity contribution in [2.45, 2.75) is 50.2 Å². The summed E-state index contributed by atoms with van der Waals surface area (Å²) in [6.45, 7) is 1.31. The SMILES string of the molecule is CN1CCN(C(=O)N[C@H]2CC3(CCCCC3)Oc3ccccc32)CC1=O. The molecule has 3 aliphatic rings. The molecular weight excluding hydrogens is 330 g/mol. The van der Waals surface area contributed by atoms with Crippen LogP contribution in [0.25, 0.3) is 0 Å². The number of nitrogens with one attached hydrogen (secondary N) is 1. The Bertz CT molecular complexity index is 699. The molecule has 1 atom stereocenters. The van der Waals surface area contributed by atoms with Gasteiger partial charge in [-0.15, -0.1) is 0 Å². The highest BCUT2D eigenvalue weighted by Crippen LogP contribution is 2.46. The van der Waals surface area contributed by atoms with Crippen LogP contribution in [0, 0.1) is 0 Å². The minimum absolute atomic E-state index is 0.0115. The number of rotatable bonds is 1. The third-order valence-electron chi connectivity index (χ3n) is 6.00. The Morgan fingerprint density at radius 3 is 2.73 bits per heavy atom. The van der Waals surface area contributed by atoms with E-state index >= 15 is 0 Å². The molecule has 1 saturated heterocycles. The summed E-state index contributed by atoms with van der Waals surface area (Å²) < 4.78 is 6.42. The molecule has 1 aromatic carbocycles. The van der Waals surface area contributed by atoms with E-state index in [1.54, 1.807) is 16.8 Å². The molecule has 0 aromatic heterocycles. The lowest BCUT2D eigenvalue weighted by Crippen LogP contribution is -2.55. The van der Waals surface area contributed by atoms with E-state index in [9.17, 15) is 9.59 Å². The van der Waals surface area contributed by atoms with Gasteiger partial charge >= 0.3 is 6.03 Å². The zero-order chi connectivity index (χ0) is 18.1. The Morgan fingerprint density at radius 1 is 1.19 bits per heavy atom. The monoisotopic (exact) mass is 357 g/mol. The predicted octanol–water partition coefficient (Wildman–Crippen LogP) is 2.70. The van der Waals surface area contributed by atoms with Crippen LogP contribution in [0.1, 0.15) is 50.1 Å². The topological polar surface area (TPSA) is 61.9 Å². The van der Waals surface area contributed by atoms with Gasteiger partial charge in [0.25, 0.3) is 0 Å². The summed E-state index contributed by atoms with van der Waals surface area (Å²) in [4.78, 5) is 28.0. The first kappa shape index (κ1) is 17.2. The second kappa shape index (κ2) is 6.82. The van der Waals surface area contributed by atoms with Crippen LogP contribution in [0.3, 0.4) is 0 Å². The van der Waals surface area contributed by atoms with Crippen molar-refractivity contribution in [1.82, 2.24) is 15.1 Å². The molecule has 140 valence electrons. The van der Waals surface area contributed by atoms with Crippen molar-refractivity contribution in [2.75, 3.05) is 26.7 Å². The van der Waals surface area contributed by atoms with Crippen molar-refractivity contribution in [3.63, 3.8) is 0 Å². The lowest BCUT2D eigenvalue weighted by Gasteiger charge is -2.45. The van der Waals surface area contributed by atoms with Gasteiger partial charge in [-0.1, -0.05) is 24.6 Å². The molecule has 4 rings (SSSR count). The van der Waals surface area contributed by atoms with E-state index in [1.165, 1.54) is 19.3 Å². The molecule has 1 aliphatic carbocycles. The van der Waals surface area contributed by atoms with Crippen molar-refractivity contribution in [3.05, 3.63) is 29.8 Å². The number of carbonyl (C=O) groups is 2. The van der Waals surface area contributed by atoms with Crippen LogP contribution in [-0.2, 0) is 4.79 Å². The molecule has 1 spiro atoms. The summed E-state index contributed by atoms with van der Waals surface area (Å²) in [7, 11) is 1.78. The molecule has 3 amide bonds. The number of ether oxygens (including phenoxy) is 1. The van der Waals surface area contributed by atoms with Crippen LogP contribution < -0.4 is 10.1 Å². The number of fused-ring (bicyclic) bond motifs is 1. The summed E-state index contributed by atoms with van der Waals surface area (Å²) in [5.41, 5.74) is 0.875. The number of para-hydroxylation sites is 1. The van der Waals surface area contributed by atoms with Crippen LogP contribution in [0.15, 0.2) is 24.3 Å². The predicted molar refractivity (Wildman–Crippen MR) is 98.0 cm³/mol. The van der Waals surface area contributed by atoms with Gasteiger partial charge < -0.3 is 19.9 Å². The summed E-state index contributed by atoms with van der Waals surface area (Å²) in [6, 6.07) is 7.78. The summed E-state index contributed by atoms with van der Waals surface area (Å²) in [5.74, 6) is 0.878. The Hall–Kier alpha value is -2.24. The average molecular weight is 357 g/mol. The van der Waals surface area contributed by atoms with Gasteiger partial charge in [0, 0.05) is 32.1 Å². The normalized spacial score (nSPS) is 24.8. The van der Waals surface area contributed by atoms with Crippen LogP contribution in [0.4, 0.5) is 4.79 Å². The maximum atomic E-state index is 12.8. The fraction of sp³-hybridized carbons (Fsp3) is 0.600. The summed E-state index contributed by atoms with van der Waals surface area (Å²) in [6.07, 6.45) is 6.50. The third-order valence-corrected chi connectivity index (χ3v) is 6.00. The Balaban J connectivity index is 1.53. The third kappa shape index (κ3) is 3.24. The number of urea groups is 1. The number of nitrogens with zero attached hydrogens (tertiary/aromatic N) is 2. The molecule has 1 saturated carbocycles. The van der Waals surface area contributed by atoms with E-state index in [-0.39, 0.29) is 30.1 Å². The first-order valence-electron chi connectivity index (χ1n) is 9.64. The fourth-order valence-electron chi connectivity index (χ4n) is 4.42. The minimum atomic E-state index is -0.164. The van der Waals surface area contributed by atoms with E-state index in [0.717, 1.165) is 30.6 Å². The van der Waals surface area contributed by atoms with E-state index < -0.39 is 0 Å². The van der Waals surface area contributed by atoms with Gasteiger partial charge in [-0.2, -0.15) is 0 Å². The number of likely N-dealkylation sites (N-methyl/N-ethyl adjacent to an activating group) is 1. The molecule has 0 bridgehead atoms. The van der Waals surface area contributed by atoms with Crippen LogP contribution in [0.2, 0.25) is 0 Å². The van der Waals surface area contributed by atoms with E-state index in [2.05, 4.69) is 5.32 Å². The van der Waals surface area contributed by atoms with Crippen molar-refractivity contribution in [1.29, 1.82) is 0 Å². The van der Waals surface area contributed by atoms with Gasteiger partial charge in [-0.05, 0) is 31.7 Å². The number of benzene rings is 1. The zero-order valence-corrected chi connectivity index (χ0v) is 15.4. The highest BCUT2D eigenvalue weighted by atomic mass is 16.5.